The Kier molecular flexibility index (Phi) is 3.50. The van der Waals surface area contributed by atoms with Crippen LogP contribution in [0.25, 0.3) is 0 Å². The van der Waals surface area contributed by atoms with E-state index in [9.17, 15) is 0 Å². The van der Waals surface area contributed by atoms with Crippen molar-refractivity contribution in [3.05, 3.63) is 11.3 Å². The quantitative estimate of drug-likeness (QED) is 0.854. The molecule has 0 atom stereocenters. The number of nitrogen functional groups attached to an aromatic ring is 1. The van der Waals surface area contributed by atoms with Crippen LogP contribution in [0.3, 0.4) is 0 Å². The van der Waals surface area contributed by atoms with Gasteiger partial charge in [-0.25, -0.2) is 4.98 Å². The van der Waals surface area contributed by atoms with E-state index in [4.69, 9.17) is 5.73 Å². The third-order valence-electron chi connectivity index (χ3n) is 3.59. The van der Waals surface area contributed by atoms with Gasteiger partial charge >= 0.3 is 0 Å². The maximum absolute atomic E-state index is 5.82. The van der Waals surface area contributed by atoms with Crippen molar-refractivity contribution in [2.45, 2.75) is 44.9 Å². The summed E-state index contributed by atoms with van der Waals surface area (Å²) in [6, 6.07) is 0. The van der Waals surface area contributed by atoms with Crippen LogP contribution in [0.2, 0.25) is 0 Å². The Morgan fingerprint density at radius 3 is 2.35 bits per heavy atom. The fourth-order valence-electron chi connectivity index (χ4n) is 2.75. The average molecular weight is 234 g/mol. The summed E-state index contributed by atoms with van der Waals surface area (Å²) in [6.07, 6.45) is 6.46. The van der Waals surface area contributed by atoms with Gasteiger partial charge in [-0.15, -0.1) is 0 Å². The lowest BCUT2D eigenvalue weighted by atomic mass is 9.85. The Balaban J connectivity index is 2.38. The summed E-state index contributed by atoms with van der Waals surface area (Å²) < 4.78 is 0. The summed E-state index contributed by atoms with van der Waals surface area (Å²) in [5.41, 5.74) is 8.18. The predicted octanol–water partition coefficient (Wildman–Crippen LogP) is 2.48. The highest BCUT2D eigenvalue weighted by Crippen LogP contribution is 2.35. The van der Waals surface area contributed by atoms with E-state index < -0.39 is 0 Å². The summed E-state index contributed by atoms with van der Waals surface area (Å²) in [4.78, 5) is 10.8. The molecule has 0 aliphatic heterocycles. The normalized spacial score (nSPS) is 17.1. The molecule has 1 aromatic rings. The Labute approximate surface area is 103 Å². The van der Waals surface area contributed by atoms with Crippen LogP contribution in [0.15, 0.2) is 0 Å². The van der Waals surface area contributed by atoms with Crippen molar-refractivity contribution in [2.75, 3.05) is 24.7 Å². The monoisotopic (exact) mass is 234 g/mol. The van der Waals surface area contributed by atoms with Gasteiger partial charge in [-0.1, -0.05) is 19.3 Å². The molecule has 17 heavy (non-hydrogen) atoms. The van der Waals surface area contributed by atoms with E-state index in [-0.39, 0.29) is 0 Å². The van der Waals surface area contributed by atoms with Crippen LogP contribution in [0.5, 0.6) is 0 Å². The van der Waals surface area contributed by atoms with E-state index in [1.165, 1.54) is 43.4 Å². The first-order chi connectivity index (χ1) is 8.09. The van der Waals surface area contributed by atoms with Gasteiger partial charge in [0.1, 0.15) is 5.82 Å². The van der Waals surface area contributed by atoms with Crippen molar-refractivity contribution in [3.63, 3.8) is 0 Å². The number of aromatic nitrogens is 2. The molecule has 0 radical (unpaired) electrons. The third kappa shape index (κ3) is 2.51. The van der Waals surface area contributed by atoms with E-state index >= 15 is 0 Å². The average Bonchev–Trinajstić information content (AvgIpc) is 2.32. The molecular formula is C13H22N4. The van der Waals surface area contributed by atoms with Crippen molar-refractivity contribution in [2.24, 2.45) is 0 Å². The molecule has 1 saturated carbocycles. The van der Waals surface area contributed by atoms with Gasteiger partial charge in [0.15, 0.2) is 0 Å². The highest BCUT2D eigenvalue weighted by molar-refractivity contribution is 5.51. The molecule has 0 unspecified atom stereocenters. The van der Waals surface area contributed by atoms with E-state index in [2.05, 4.69) is 16.9 Å². The summed E-state index contributed by atoms with van der Waals surface area (Å²) in [6.45, 7) is 2.11. The Bertz CT molecular complexity index is 395. The van der Waals surface area contributed by atoms with E-state index in [0.29, 0.717) is 11.9 Å². The van der Waals surface area contributed by atoms with Crippen LogP contribution in [0.1, 0.15) is 49.3 Å². The van der Waals surface area contributed by atoms with Gasteiger partial charge in [0.05, 0.1) is 5.69 Å². The van der Waals surface area contributed by atoms with Crippen molar-refractivity contribution in [3.8, 4) is 0 Å². The fraction of sp³-hybridized carbons (Fsp3) is 0.692. The van der Waals surface area contributed by atoms with Crippen LogP contribution in [0, 0.1) is 6.92 Å². The largest absolute Gasteiger partial charge is 0.368 e. The molecule has 4 nitrogen and oxygen atoms in total. The molecular weight excluding hydrogens is 212 g/mol. The fourth-order valence-corrected chi connectivity index (χ4v) is 2.75. The molecule has 1 aliphatic carbocycles. The number of hydrogen-bond donors (Lipinski definition) is 1. The number of rotatable bonds is 2. The first-order valence-electron chi connectivity index (χ1n) is 6.41. The Morgan fingerprint density at radius 1 is 1.12 bits per heavy atom. The van der Waals surface area contributed by atoms with Gasteiger partial charge in [0, 0.05) is 25.6 Å². The first-order valence-corrected chi connectivity index (χ1v) is 6.41. The maximum Gasteiger partial charge on any atom is 0.222 e. The summed E-state index contributed by atoms with van der Waals surface area (Å²) in [7, 11) is 4.00. The topological polar surface area (TPSA) is 55.0 Å². The SMILES string of the molecule is Cc1c(C2CCCCC2)nc(N)nc1N(C)C. The minimum absolute atomic E-state index is 0.403. The predicted molar refractivity (Wildman–Crippen MR) is 71.3 cm³/mol. The lowest BCUT2D eigenvalue weighted by Crippen LogP contribution is -2.18. The van der Waals surface area contributed by atoms with Gasteiger partial charge in [0.25, 0.3) is 0 Å². The number of nitrogens with zero attached hydrogens (tertiary/aromatic N) is 3. The number of anilines is 2. The van der Waals surface area contributed by atoms with Crippen LogP contribution in [-0.2, 0) is 0 Å². The smallest absolute Gasteiger partial charge is 0.222 e. The summed E-state index contributed by atoms with van der Waals surface area (Å²) >= 11 is 0. The van der Waals surface area contributed by atoms with Gasteiger partial charge in [-0.2, -0.15) is 4.98 Å². The van der Waals surface area contributed by atoms with Crippen LogP contribution < -0.4 is 10.6 Å². The maximum atomic E-state index is 5.82. The molecule has 0 aromatic carbocycles. The second kappa shape index (κ2) is 4.90. The first kappa shape index (κ1) is 12.1. The van der Waals surface area contributed by atoms with Crippen molar-refractivity contribution >= 4 is 11.8 Å². The number of nitrogens with two attached hydrogens (primary N) is 1. The Morgan fingerprint density at radius 2 is 1.76 bits per heavy atom. The summed E-state index contributed by atoms with van der Waals surface area (Å²) in [5, 5.41) is 0. The molecule has 1 fully saturated rings. The summed E-state index contributed by atoms with van der Waals surface area (Å²) in [5.74, 6) is 1.94. The van der Waals surface area contributed by atoms with Crippen molar-refractivity contribution in [1.82, 2.24) is 9.97 Å². The van der Waals surface area contributed by atoms with Crippen LogP contribution in [-0.4, -0.2) is 24.1 Å². The molecule has 4 heteroatoms. The van der Waals surface area contributed by atoms with E-state index in [1.54, 1.807) is 0 Å². The molecule has 1 aliphatic rings. The highest BCUT2D eigenvalue weighted by Gasteiger charge is 2.21. The second-order valence-electron chi connectivity index (χ2n) is 5.15. The van der Waals surface area contributed by atoms with Gasteiger partial charge < -0.3 is 10.6 Å². The van der Waals surface area contributed by atoms with Crippen LogP contribution >= 0.6 is 0 Å². The molecule has 2 N–H and O–H groups in total. The zero-order valence-electron chi connectivity index (χ0n) is 11.0. The minimum atomic E-state index is 0.403. The van der Waals surface area contributed by atoms with E-state index in [0.717, 1.165) is 5.82 Å². The molecule has 0 spiro atoms. The molecule has 1 aromatic heterocycles. The molecule has 0 amide bonds. The minimum Gasteiger partial charge on any atom is -0.368 e. The molecule has 2 rings (SSSR count). The highest BCUT2D eigenvalue weighted by atomic mass is 15.2. The van der Waals surface area contributed by atoms with Gasteiger partial charge in [-0.05, 0) is 19.8 Å². The number of hydrogen-bond acceptors (Lipinski definition) is 4. The molecule has 0 saturated heterocycles. The van der Waals surface area contributed by atoms with Crippen molar-refractivity contribution in [1.29, 1.82) is 0 Å². The molecule has 1 heterocycles. The van der Waals surface area contributed by atoms with Gasteiger partial charge in [0.2, 0.25) is 5.95 Å². The van der Waals surface area contributed by atoms with Crippen molar-refractivity contribution < 1.29 is 0 Å². The lowest BCUT2D eigenvalue weighted by molar-refractivity contribution is 0.435. The zero-order valence-corrected chi connectivity index (χ0v) is 11.0. The third-order valence-corrected chi connectivity index (χ3v) is 3.59. The lowest BCUT2D eigenvalue weighted by Gasteiger charge is -2.25. The van der Waals surface area contributed by atoms with E-state index in [1.807, 2.05) is 19.0 Å². The second-order valence-corrected chi connectivity index (χ2v) is 5.15. The standard InChI is InChI=1S/C13H22N4/c1-9-11(10-7-5-4-6-8-10)15-13(14)16-12(9)17(2)3/h10H,4-8H2,1-3H3,(H2,14,15,16). The van der Waals surface area contributed by atoms with Crippen LogP contribution in [0.4, 0.5) is 11.8 Å². The zero-order chi connectivity index (χ0) is 12.4. The molecule has 94 valence electrons. The Hall–Kier alpha value is -1.32. The molecule has 0 bridgehead atoms. The van der Waals surface area contributed by atoms with Gasteiger partial charge in [-0.3, -0.25) is 0 Å².